The van der Waals surface area contributed by atoms with Gasteiger partial charge in [0, 0.05) is 12.3 Å². The van der Waals surface area contributed by atoms with E-state index in [0.717, 1.165) is 33.4 Å². The van der Waals surface area contributed by atoms with Crippen LogP contribution in [0.5, 0.6) is 0 Å². The molecule has 53 heavy (non-hydrogen) atoms. The van der Waals surface area contributed by atoms with Gasteiger partial charge in [0.05, 0.1) is 24.6 Å². The summed E-state index contributed by atoms with van der Waals surface area (Å²) in [7, 11) is 0. The highest BCUT2D eigenvalue weighted by Gasteiger charge is 2.31. The molecule has 0 saturated carbocycles. The maximum absolute atomic E-state index is 13.7. The van der Waals surface area contributed by atoms with Crippen molar-refractivity contribution < 1.29 is 33.8 Å². The highest BCUT2D eigenvalue weighted by molar-refractivity contribution is 5.86. The molecule has 4 aromatic carbocycles. The number of nitrogens with one attached hydrogen (secondary N) is 3. The Morgan fingerprint density at radius 3 is 2.08 bits per heavy atom. The molecule has 0 fully saturated rings. The Hall–Kier alpha value is -5.74. The molecule has 0 unspecified atom stereocenters. The topological polar surface area (TPSA) is 143 Å². The quantitative estimate of drug-likeness (QED) is 0.123. The Morgan fingerprint density at radius 2 is 1.42 bits per heavy atom. The predicted molar refractivity (Wildman–Crippen MR) is 201 cm³/mol. The van der Waals surface area contributed by atoms with Gasteiger partial charge in [0.25, 0.3) is 0 Å². The summed E-state index contributed by atoms with van der Waals surface area (Å²) < 4.78 is 11.4. The minimum atomic E-state index is -1.04. The molecule has 0 saturated heterocycles. The molecular weight excluding hydrogens is 670 g/mol. The smallest absolute Gasteiger partial charge is 0.407 e. The number of amides is 3. The van der Waals surface area contributed by atoms with E-state index in [2.05, 4.69) is 28.1 Å². The molecule has 0 bridgehead atoms. The number of hydrogen-bond acceptors (Lipinski definition) is 7. The van der Waals surface area contributed by atoms with E-state index in [1.807, 2.05) is 97.1 Å². The van der Waals surface area contributed by atoms with Gasteiger partial charge >= 0.3 is 12.1 Å². The maximum atomic E-state index is 13.7. The van der Waals surface area contributed by atoms with Crippen LogP contribution in [0.25, 0.3) is 11.1 Å². The molecule has 4 aromatic rings. The lowest BCUT2D eigenvalue weighted by molar-refractivity contribution is -0.147. The van der Waals surface area contributed by atoms with Crippen LogP contribution in [0.2, 0.25) is 0 Å². The molecular formula is C43H45N3O7. The molecule has 1 aliphatic heterocycles. The van der Waals surface area contributed by atoms with Crippen LogP contribution in [0.3, 0.4) is 0 Å². The summed E-state index contributed by atoms with van der Waals surface area (Å²) >= 11 is 0. The van der Waals surface area contributed by atoms with Gasteiger partial charge in [-0.3, -0.25) is 9.59 Å². The number of carbonyl (C=O) groups is 4. The van der Waals surface area contributed by atoms with Crippen molar-refractivity contribution in [1.29, 1.82) is 0 Å². The lowest BCUT2D eigenvalue weighted by Crippen LogP contribution is -2.47. The van der Waals surface area contributed by atoms with E-state index in [1.165, 1.54) is 0 Å². The van der Waals surface area contributed by atoms with Crippen LogP contribution >= 0.6 is 0 Å². The van der Waals surface area contributed by atoms with E-state index < -0.39 is 36.1 Å². The van der Waals surface area contributed by atoms with E-state index in [-0.39, 0.29) is 56.8 Å². The van der Waals surface area contributed by atoms with E-state index in [9.17, 15) is 24.3 Å². The monoisotopic (exact) mass is 715 g/mol. The van der Waals surface area contributed by atoms with Gasteiger partial charge in [-0.05, 0) is 59.1 Å². The molecule has 1 heterocycles. The molecule has 274 valence electrons. The Labute approximate surface area is 309 Å². The fraction of sp³-hybridized carbons (Fsp3) is 0.302. The van der Waals surface area contributed by atoms with Gasteiger partial charge in [-0.1, -0.05) is 121 Å². The molecule has 2 aliphatic rings. The number of cyclic esters (lactones) is 1. The molecule has 0 aromatic heterocycles. The first kappa shape index (κ1) is 37.0. The summed E-state index contributed by atoms with van der Waals surface area (Å²) in [5.41, 5.74) is 6.27. The van der Waals surface area contributed by atoms with E-state index in [0.29, 0.717) is 12.8 Å². The molecule has 6 rings (SSSR count). The number of esters is 1. The first-order valence-corrected chi connectivity index (χ1v) is 18.1. The number of ether oxygens (including phenoxy) is 2. The highest BCUT2D eigenvalue weighted by Crippen LogP contribution is 2.44. The molecule has 10 nitrogen and oxygen atoms in total. The number of fused-ring (bicyclic) bond motifs is 3. The summed E-state index contributed by atoms with van der Waals surface area (Å²) in [5.74, 6) is -2.23. The lowest BCUT2D eigenvalue weighted by atomic mass is 9.97. The lowest BCUT2D eigenvalue weighted by Gasteiger charge is -2.25. The first-order chi connectivity index (χ1) is 25.9. The first-order valence-electron chi connectivity index (χ1n) is 18.1. The van der Waals surface area contributed by atoms with Crippen LogP contribution in [0, 0.1) is 5.92 Å². The van der Waals surface area contributed by atoms with Gasteiger partial charge in [0.1, 0.15) is 19.3 Å². The van der Waals surface area contributed by atoms with Crippen LogP contribution < -0.4 is 16.0 Å². The zero-order valence-corrected chi connectivity index (χ0v) is 29.5. The number of allylic oxidation sites excluding steroid dienone is 1. The minimum Gasteiger partial charge on any atom is -0.462 e. The van der Waals surface area contributed by atoms with E-state index in [4.69, 9.17) is 9.47 Å². The van der Waals surface area contributed by atoms with Crippen LogP contribution in [0.4, 0.5) is 4.79 Å². The predicted octanol–water partition coefficient (Wildman–Crippen LogP) is 5.24. The van der Waals surface area contributed by atoms with Crippen LogP contribution in [-0.2, 0) is 36.7 Å². The molecule has 4 atom stereocenters. The summed E-state index contributed by atoms with van der Waals surface area (Å²) in [5, 5.41) is 18.5. The second-order valence-corrected chi connectivity index (χ2v) is 13.5. The highest BCUT2D eigenvalue weighted by atomic mass is 16.6. The third-order valence-corrected chi connectivity index (χ3v) is 9.69. The Morgan fingerprint density at radius 1 is 0.811 bits per heavy atom. The molecule has 0 radical (unpaired) electrons. The number of rotatable bonds is 11. The van der Waals surface area contributed by atoms with Crippen molar-refractivity contribution in [3.63, 3.8) is 0 Å². The van der Waals surface area contributed by atoms with Gasteiger partial charge in [-0.15, -0.1) is 0 Å². The van der Waals surface area contributed by atoms with Gasteiger partial charge in [0.2, 0.25) is 11.8 Å². The maximum Gasteiger partial charge on any atom is 0.407 e. The van der Waals surface area contributed by atoms with Crippen molar-refractivity contribution in [2.45, 2.75) is 56.1 Å². The third kappa shape index (κ3) is 9.99. The van der Waals surface area contributed by atoms with Gasteiger partial charge < -0.3 is 30.5 Å². The fourth-order valence-electron chi connectivity index (χ4n) is 7.00. The van der Waals surface area contributed by atoms with Crippen molar-refractivity contribution in [3.8, 4) is 11.1 Å². The third-order valence-electron chi connectivity index (χ3n) is 9.69. The zero-order chi connectivity index (χ0) is 37.0. The van der Waals surface area contributed by atoms with Gasteiger partial charge in [-0.2, -0.15) is 0 Å². The fourth-order valence-corrected chi connectivity index (χ4v) is 7.00. The van der Waals surface area contributed by atoms with Crippen LogP contribution in [0.1, 0.15) is 47.4 Å². The average molecular weight is 716 g/mol. The Kier molecular flexibility index (Phi) is 12.7. The van der Waals surface area contributed by atoms with Crippen molar-refractivity contribution >= 4 is 23.9 Å². The molecule has 1 aliphatic carbocycles. The van der Waals surface area contributed by atoms with Crippen LogP contribution in [0.15, 0.2) is 121 Å². The van der Waals surface area contributed by atoms with E-state index in [1.54, 1.807) is 12.2 Å². The Bertz CT molecular complexity index is 1850. The second kappa shape index (κ2) is 18.1. The number of aliphatic hydroxyl groups excluding tert-OH is 1. The SMILES string of the molecule is O=C(C[C@H]1C/C=C\C[C@H](NC(=O)OCC2c3ccccc3-c3ccccc32)C(=O)OC[C@H](Cc2ccccc2)NC1=O)N[C@H](CO)Cc1ccccc1. The average Bonchev–Trinajstić information content (AvgIpc) is 3.50. The van der Waals surface area contributed by atoms with Crippen molar-refractivity contribution in [2.75, 3.05) is 19.8 Å². The number of benzene rings is 4. The number of alkyl carbamates (subject to hydrolysis) is 1. The Balaban J connectivity index is 1.12. The van der Waals surface area contributed by atoms with Gasteiger partial charge in [0.15, 0.2) is 0 Å². The molecule has 10 heteroatoms. The van der Waals surface area contributed by atoms with Gasteiger partial charge in [-0.25, -0.2) is 9.59 Å². The molecule has 0 spiro atoms. The summed E-state index contributed by atoms with van der Waals surface area (Å²) in [4.78, 5) is 53.4. The molecule has 3 amide bonds. The van der Waals surface area contributed by atoms with E-state index >= 15 is 0 Å². The van der Waals surface area contributed by atoms with Crippen molar-refractivity contribution in [1.82, 2.24) is 16.0 Å². The largest absolute Gasteiger partial charge is 0.462 e. The second-order valence-electron chi connectivity index (χ2n) is 13.5. The zero-order valence-electron chi connectivity index (χ0n) is 29.5. The summed E-state index contributed by atoms with van der Waals surface area (Å²) in [6.45, 7) is -0.302. The number of aliphatic hydroxyl groups is 1. The van der Waals surface area contributed by atoms with Crippen LogP contribution in [-0.4, -0.2) is 66.9 Å². The van der Waals surface area contributed by atoms with Crippen molar-refractivity contribution in [3.05, 3.63) is 144 Å². The number of hydrogen-bond donors (Lipinski definition) is 4. The summed E-state index contributed by atoms with van der Waals surface area (Å²) in [6, 6.07) is 33.0. The molecule has 4 N–H and O–H groups in total. The summed E-state index contributed by atoms with van der Waals surface area (Å²) in [6.07, 6.45) is 3.71. The number of carbonyl (C=O) groups excluding carboxylic acids is 4. The van der Waals surface area contributed by atoms with Crippen molar-refractivity contribution in [2.24, 2.45) is 5.92 Å². The standard InChI is InChI=1S/C43H45N3O7/c47-26-32(23-29-13-3-1-4-14-29)44-40(48)25-31-17-7-12-22-39(42(50)52-27-33(45-41(31)49)24-30-15-5-2-6-16-30)46-43(51)53-28-38-36-20-10-8-18-34(36)35-19-9-11-21-37(35)38/h1-16,18-21,31-33,38-39,47H,17,22-28H2,(H,44,48)(H,45,49)(H,46,51)/b12-7-/t31-,32+,33+,39+/m1/s1. The minimum absolute atomic E-state index is 0.0921. The normalized spacial score (nSPS) is 19.9.